The zero-order valence-corrected chi connectivity index (χ0v) is 12.0. The fourth-order valence-corrected chi connectivity index (χ4v) is 1.49. The summed E-state index contributed by atoms with van der Waals surface area (Å²) in [6, 6.07) is 4.89. The van der Waals surface area contributed by atoms with Gasteiger partial charge in [-0.15, -0.1) is 12.4 Å². The van der Waals surface area contributed by atoms with E-state index in [1.807, 2.05) is 0 Å². The maximum absolute atomic E-state index is 13.7. The molecule has 1 rings (SSSR count). The maximum Gasteiger partial charge on any atom is 0.342 e. The van der Waals surface area contributed by atoms with E-state index in [1.54, 1.807) is 19.1 Å². The Kier molecular flexibility index (Phi) is 7.79. The average Bonchev–Trinajstić information content (AvgIpc) is 2.36. The van der Waals surface area contributed by atoms with Crippen LogP contribution in [0.1, 0.15) is 25.5 Å². The van der Waals surface area contributed by atoms with E-state index in [9.17, 15) is 14.0 Å². The van der Waals surface area contributed by atoms with Crippen molar-refractivity contribution in [3.05, 3.63) is 29.8 Å². The first-order valence-electron chi connectivity index (χ1n) is 5.80. The minimum Gasteiger partial charge on any atom is -0.464 e. The molecule has 1 aromatic carbocycles. The van der Waals surface area contributed by atoms with Crippen LogP contribution in [-0.2, 0) is 14.3 Å². The van der Waals surface area contributed by atoms with E-state index in [4.69, 9.17) is 10.5 Å². The molecule has 5 nitrogen and oxygen atoms in total. The average molecular weight is 306 g/mol. The molecule has 0 aliphatic carbocycles. The molecule has 112 valence electrons. The van der Waals surface area contributed by atoms with Gasteiger partial charge in [0.1, 0.15) is 5.75 Å². The second-order valence-electron chi connectivity index (χ2n) is 3.85. The number of esters is 2. The lowest BCUT2D eigenvalue weighted by molar-refractivity contribution is -0.150. The Labute approximate surface area is 122 Å². The quantitative estimate of drug-likeness (QED) is 0.664. The van der Waals surface area contributed by atoms with Crippen LogP contribution in [0.25, 0.3) is 0 Å². The predicted octanol–water partition coefficient (Wildman–Crippen LogP) is 1.93. The SMILES string of the molecule is CCOC(=O)C(F)[C@@H](N)c1cccc(OC(C)=O)c1.Cl. The molecule has 0 fully saturated rings. The van der Waals surface area contributed by atoms with Gasteiger partial charge in [-0.3, -0.25) is 4.79 Å². The Bertz CT molecular complexity index is 469. The van der Waals surface area contributed by atoms with Crippen molar-refractivity contribution in [1.82, 2.24) is 0 Å². The first kappa shape index (κ1) is 18.3. The molecule has 0 aliphatic rings. The number of carbonyl (C=O) groups excluding carboxylic acids is 2. The summed E-state index contributed by atoms with van der Waals surface area (Å²) in [6.45, 7) is 2.92. The molecule has 20 heavy (non-hydrogen) atoms. The van der Waals surface area contributed by atoms with E-state index in [-0.39, 0.29) is 24.8 Å². The van der Waals surface area contributed by atoms with Crippen molar-refractivity contribution < 1.29 is 23.5 Å². The van der Waals surface area contributed by atoms with Crippen molar-refractivity contribution in [1.29, 1.82) is 0 Å². The van der Waals surface area contributed by atoms with Crippen molar-refractivity contribution in [3.8, 4) is 5.75 Å². The van der Waals surface area contributed by atoms with Crippen LogP contribution in [0.2, 0.25) is 0 Å². The van der Waals surface area contributed by atoms with Gasteiger partial charge >= 0.3 is 11.9 Å². The van der Waals surface area contributed by atoms with Gasteiger partial charge in [0, 0.05) is 6.92 Å². The Hall–Kier alpha value is -1.66. The molecule has 7 heteroatoms. The number of nitrogens with two attached hydrogens (primary N) is 1. The van der Waals surface area contributed by atoms with E-state index in [2.05, 4.69) is 4.74 Å². The van der Waals surface area contributed by atoms with E-state index < -0.39 is 24.2 Å². The Morgan fingerprint density at radius 2 is 2.05 bits per heavy atom. The number of hydrogen-bond acceptors (Lipinski definition) is 5. The molecule has 0 radical (unpaired) electrons. The van der Waals surface area contributed by atoms with Crippen LogP contribution in [0, 0.1) is 0 Å². The van der Waals surface area contributed by atoms with Gasteiger partial charge in [0.15, 0.2) is 0 Å². The van der Waals surface area contributed by atoms with Gasteiger partial charge < -0.3 is 15.2 Å². The molecule has 0 spiro atoms. The number of rotatable bonds is 5. The van der Waals surface area contributed by atoms with Crippen molar-refractivity contribution in [3.63, 3.8) is 0 Å². The summed E-state index contributed by atoms with van der Waals surface area (Å²) < 4.78 is 23.2. The topological polar surface area (TPSA) is 78.6 Å². The first-order chi connectivity index (χ1) is 8.95. The van der Waals surface area contributed by atoms with Gasteiger partial charge in [0.05, 0.1) is 12.6 Å². The molecular formula is C13H17ClFNO4. The number of halogens is 2. The number of ether oxygens (including phenoxy) is 2. The summed E-state index contributed by atoms with van der Waals surface area (Å²) in [7, 11) is 0. The first-order valence-corrected chi connectivity index (χ1v) is 5.80. The van der Waals surface area contributed by atoms with Crippen LogP contribution in [0.5, 0.6) is 5.75 Å². The fraction of sp³-hybridized carbons (Fsp3) is 0.385. The van der Waals surface area contributed by atoms with Gasteiger partial charge in [-0.1, -0.05) is 12.1 Å². The highest BCUT2D eigenvalue weighted by Crippen LogP contribution is 2.22. The highest BCUT2D eigenvalue weighted by molar-refractivity contribution is 5.85. The molecule has 1 aromatic rings. The lowest BCUT2D eigenvalue weighted by Crippen LogP contribution is -2.31. The Morgan fingerprint density at radius 3 is 2.60 bits per heavy atom. The Balaban J connectivity index is 0.00000361. The predicted molar refractivity (Wildman–Crippen MR) is 73.5 cm³/mol. The van der Waals surface area contributed by atoms with Crippen molar-refractivity contribution >= 4 is 24.3 Å². The van der Waals surface area contributed by atoms with Gasteiger partial charge in [0.25, 0.3) is 0 Å². The molecule has 0 heterocycles. The molecule has 0 saturated carbocycles. The van der Waals surface area contributed by atoms with Crippen LogP contribution >= 0.6 is 12.4 Å². The number of carbonyl (C=O) groups is 2. The number of hydrogen-bond donors (Lipinski definition) is 1. The van der Waals surface area contributed by atoms with Crippen molar-refractivity contribution in [2.24, 2.45) is 5.73 Å². The highest BCUT2D eigenvalue weighted by atomic mass is 35.5. The smallest absolute Gasteiger partial charge is 0.342 e. The monoisotopic (exact) mass is 305 g/mol. The van der Waals surface area contributed by atoms with Gasteiger partial charge in [-0.25, -0.2) is 9.18 Å². The summed E-state index contributed by atoms with van der Waals surface area (Å²) in [4.78, 5) is 22.1. The Morgan fingerprint density at radius 1 is 1.40 bits per heavy atom. The fourth-order valence-electron chi connectivity index (χ4n) is 1.49. The number of benzene rings is 1. The molecule has 1 unspecified atom stereocenters. The van der Waals surface area contributed by atoms with Crippen LogP contribution in [-0.4, -0.2) is 24.7 Å². The molecular weight excluding hydrogens is 289 g/mol. The maximum atomic E-state index is 13.7. The molecule has 0 aliphatic heterocycles. The van der Waals surface area contributed by atoms with Crippen LogP contribution in [0.15, 0.2) is 24.3 Å². The van der Waals surface area contributed by atoms with Crippen molar-refractivity contribution in [2.75, 3.05) is 6.61 Å². The summed E-state index contributed by atoms with van der Waals surface area (Å²) in [5.74, 6) is -1.25. The minimum absolute atomic E-state index is 0. The summed E-state index contributed by atoms with van der Waals surface area (Å²) >= 11 is 0. The summed E-state index contributed by atoms with van der Waals surface area (Å²) in [5.41, 5.74) is 6.00. The zero-order chi connectivity index (χ0) is 14.4. The summed E-state index contributed by atoms with van der Waals surface area (Å²) in [6.07, 6.45) is -1.97. The molecule has 0 bridgehead atoms. The summed E-state index contributed by atoms with van der Waals surface area (Å²) in [5, 5.41) is 0. The molecule has 0 saturated heterocycles. The van der Waals surface area contributed by atoms with E-state index in [1.165, 1.54) is 19.1 Å². The molecule has 0 aromatic heterocycles. The van der Waals surface area contributed by atoms with Crippen LogP contribution < -0.4 is 10.5 Å². The van der Waals surface area contributed by atoms with E-state index in [0.29, 0.717) is 5.56 Å². The third-order valence-corrected chi connectivity index (χ3v) is 2.33. The standard InChI is InChI=1S/C13H16FNO4.ClH/c1-3-18-13(17)11(14)12(15)9-5-4-6-10(7-9)19-8(2)16;/h4-7,11-12H,3,15H2,1-2H3;1H/t11?,12-;/m0./s1. The van der Waals surface area contributed by atoms with Gasteiger partial charge in [-0.05, 0) is 24.6 Å². The zero-order valence-electron chi connectivity index (χ0n) is 11.2. The van der Waals surface area contributed by atoms with Gasteiger partial charge in [-0.2, -0.15) is 0 Å². The highest BCUT2D eigenvalue weighted by Gasteiger charge is 2.27. The van der Waals surface area contributed by atoms with E-state index >= 15 is 0 Å². The molecule has 0 amide bonds. The second kappa shape index (κ2) is 8.50. The normalized spacial score (nSPS) is 12.8. The largest absolute Gasteiger partial charge is 0.464 e. The van der Waals surface area contributed by atoms with Gasteiger partial charge in [0.2, 0.25) is 6.17 Å². The van der Waals surface area contributed by atoms with Crippen LogP contribution in [0.4, 0.5) is 4.39 Å². The van der Waals surface area contributed by atoms with Crippen molar-refractivity contribution in [2.45, 2.75) is 26.1 Å². The lowest BCUT2D eigenvalue weighted by Gasteiger charge is -2.16. The minimum atomic E-state index is -1.97. The number of alkyl halides is 1. The third kappa shape index (κ3) is 5.14. The molecule has 2 N–H and O–H groups in total. The lowest BCUT2D eigenvalue weighted by atomic mass is 10.0. The second-order valence-corrected chi connectivity index (χ2v) is 3.85. The molecule has 2 atom stereocenters. The third-order valence-electron chi connectivity index (χ3n) is 2.33. The van der Waals surface area contributed by atoms with E-state index in [0.717, 1.165) is 0 Å². The van der Waals surface area contributed by atoms with Crippen LogP contribution in [0.3, 0.4) is 0 Å².